The normalized spacial score (nSPS) is 10.7. The molecule has 0 saturated heterocycles. The minimum absolute atomic E-state index is 0.618. The van der Waals surface area contributed by atoms with Gasteiger partial charge in [0.05, 0.1) is 5.56 Å². The fraction of sp³-hybridized carbons (Fsp3) is 0.273. The molecule has 1 aromatic rings. The first-order valence-corrected chi connectivity index (χ1v) is 5.78. The third-order valence-electron chi connectivity index (χ3n) is 1.66. The average molecular weight is 324 g/mol. The minimum Gasteiger partial charge on any atom is -0.166 e. The number of hydrogen-bond acceptors (Lipinski definition) is 0. The van der Waals surface area contributed by atoms with E-state index in [4.69, 9.17) is 0 Å². The highest BCUT2D eigenvalue weighted by Crippen LogP contribution is 2.28. The van der Waals surface area contributed by atoms with Crippen LogP contribution in [-0.4, -0.2) is 4.43 Å². The predicted octanol–water partition coefficient (Wildman–Crippen LogP) is 3.88. The van der Waals surface area contributed by atoms with Crippen molar-refractivity contribution in [2.24, 2.45) is 0 Å². The van der Waals surface area contributed by atoms with E-state index < -0.39 is 11.7 Å². The van der Waals surface area contributed by atoms with Gasteiger partial charge < -0.3 is 0 Å². The van der Waals surface area contributed by atoms with Crippen LogP contribution >= 0.6 is 22.6 Å². The van der Waals surface area contributed by atoms with Gasteiger partial charge in [-0.1, -0.05) is 34.4 Å². The maximum absolute atomic E-state index is 12.2. The third kappa shape index (κ3) is 4.12. The van der Waals surface area contributed by atoms with E-state index in [-0.39, 0.29) is 0 Å². The second-order valence-corrected chi connectivity index (χ2v) is 3.89. The van der Waals surface area contributed by atoms with Crippen LogP contribution in [0.2, 0.25) is 0 Å². The van der Waals surface area contributed by atoms with Crippen molar-refractivity contribution in [2.75, 3.05) is 4.43 Å². The van der Waals surface area contributed by atoms with E-state index in [0.717, 1.165) is 23.0 Å². The molecule has 0 heterocycles. The second kappa shape index (κ2) is 5.40. The number of benzene rings is 1. The lowest BCUT2D eigenvalue weighted by molar-refractivity contribution is -0.137. The summed E-state index contributed by atoms with van der Waals surface area (Å²) in [7, 11) is 0. The SMILES string of the molecule is FC(F)(F)c1ccc(C#CCCI)cc1. The fourth-order valence-corrected chi connectivity index (χ4v) is 1.22. The molecule has 0 N–H and O–H groups in total. The van der Waals surface area contributed by atoms with Crippen LogP contribution in [0.3, 0.4) is 0 Å². The zero-order valence-electron chi connectivity index (χ0n) is 7.74. The maximum Gasteiger partial charge on any atom is 0.416 e. The van der Waals surface area contributed by atoms with Gasteiger partial charge in [0.2, 0.25) is 0 Å². The Balaban J connectivity index is 2.79. The van der Waals surface area contributed by atoms with Crippen LogP contribution in [0.4, 0.5) is 13.2 Å². The number of alkyl halides is 4. The highest BCUT2D eigenvalue weighted by atomic mass is 127. The van der Waals surface area contributed by atoms with Gasteiger partial charge in [0, 0.05) is 16.4 Å². The molecule has 0 unspecified atom stereocenters. The molecule has 0 bridgehead atoms. The molecule has 0 nitrogen and oxygen atoms in total. The summed E-state index contributed by atoms with van der Waals surface area (Å²) in [6, 6.07) is 4.88. The van der Waals surface area contributed by atoms with Crippen LogP contribution in [0.1, 0.15) is 17.5 Å². The Hall–Kier alpha value is -0.700. The fourth-order valence-electron chi connectivity index (χ4n) is 0.954. The number of rotatable bonds is 1. The molecule has 4 heteroatoms. The highest BCUT2D eigenvalue weighted by Gasteiger charge is 2.29. The smallest absolute Gasteiger partial charge is 0.166 e. The Morgan fingerprint density at radius 1 is 1.13 bits per heavy atom. The second-order valence-electron chi connectivity index (χ2n) is 2.82. The highest BCUT2D eigenvalue weighted by molar-refractivity contribution is 14.1. The van der Waals surface area contributed by atoms with Gasteiger partial charge in [-0.05, 0) is 24.3 Å². The molecule has 0 aliphatic heterocycles. The van der Waals surface area contributed by atoms with E-state index in [1.807, 2.05) is 0 Å². The quantitative estimate of drug-likeness (QED) is 0.418. The molecule has 0 radical (unpaired) electrons. The van der Waals surface area contributed by atoms with E-state index in [1.165, 1.54) is 12.1 Å². The third-order valence-corrected chi connectivity index (χ3v) is 2.20. The molecule has 15 heavy (non-hydrogen) atoms. The van der Waals surface area contributed by atoms with Crippen molar-refractivity contribution < 1.29 is 13.2 Å². The Kier molecular flexibility index (Phi) is 4.45. The molecule has 80 valence electrons. The van der Waals surface area contributed by atoms with Gasteiger partial charge in [-0.15, -0.1) is 0 Å². The van der Waals surface area contributed by atoms with Crippen molar-refractivity contribution in [3.63, 3.8) is 0 Å². The first-order valence-electron chi connectivity index (χ1n) is 4.26. The lowest BCUT2D eigenvalue weighted by Crippen LogP contribution is -2.04. The standard InChI is InChI=1S/C11H8F3I/c12-11(13,14)10-6-4-9(5-7-10)3-1-2-8-15/h4-7H,2,8H2. The van der Waals surface area contributed by atoms with Crippen molar-refractivity contribution >= 4 is 22.6 Å². The topological polar surface area (TPSA) is 0 Å². The number of hydrogen-bond donors (Lipinski definition) is 0. The molecule has 0 saturated carbocycles. The molecular formula is C11H8F3I. The van der Waals surface area contributed by atoms with Crippen molar-refractivity contribution in [3.8, 4) is 11.8 Å². The summed E-state index contributed by atoms with van der Waals surface area (Å²) in [5.41, 5.74) is -0.0187. The van der Waals surface area contributed by atoms with Crippen molar-refractivity contribution in [3.05, 3.63) is 35.4 Å². The van der Waals surface area contributed by atoms with Gasteiger partial charge in [0.15, 0.2) is 0 Å². The minimum atomic E-state index is -4.27. The van der Waals surface area contributed by atoms with Crippen LogP contribution in [0.25, 0.3) is 0 Å². The largest absolute Gasteiger partial charge is 0.416 e. The monoisotopic (exact) mass is 324 g/mol. The molecule has 1 aromatic carbocycles. The lowest BCUT2D eigenvalue weighted by Gasteiger charge is -2.05. The van der Waals surface area contributed by atoms with Gasteiger partial charge in [0.1, 0.15) is 0 Å². The summed E-state index contributed by atoms with van der Waals surface area (Å²) < 4.78 is 37.5. The molecule has 0 atom stereocenters. The zero-order valence-corrected chi connectivity index (χ0v) is 9.89. The van der Waals surface area contributed by atoms with E-state index in [0.29, 0.717) is 5.56 Å². The van der Waals surface area contributed by atoms with E-state index >= 15 is 0 Å². The lowest BCUT2D eigenvalue weighted by atomic mass is 10.1. The first-order chi connectivity index (χ1) is 7.04. The van der Waals surface area contributed by atoms with Gasteiger partial charge in [-0.25, -0.2) is 0 Å². The molecule has 0 fully saturated rings. The molecule has 0 aliphatic carbocycles. The van der Waals surface area contributed by atoms with Crippen LogP contribution in [-0.2, 0) is 6.18 Å². The summed E-state index contributed by atoms with van der Waals surface area (Å²) in [4.78, 5) is 0. The van der Waals surface area contributed by atoms with E-state index in [9.17, 15) is 13.2 Å². The molecule has 0 spiro atoms. The van der Waals surface area contributed by atoms with Crippen LogP contribution in [0.15, 0.2) is 24.3 Å². The van der Waals surface area contributed by atoms with Gasteiger partial charge in [-0.3, -0.25) is 0 Å². The number of halogens is 4. The van der Waals surface area contributed by atoms with Crippen molar-refractivity contribution in [2.45, 2.75) is 12.6 Å². The van der Waals surface area contributed by atoms with Crippen LogP contribution in [0.5, 0.6) is 0 Å². The molecule has 1 rings (SSSR count). The Bertz CT molecular complexity index is 368. The van der Waals surface area contributed by atoms with E-state index in [1.54, 1.807) is 0 Å². The van der Waals surface area contributed by atoms with Crippen LogP contribution in [0, 0.1) is 11.8 Å². The van der Waals surface area contributed by atoms with Gasteiger partial charge >= 0.3 is 6.18 Å². The molecular weight excluding hydrogens is 316 g/mol. The zero-order chi connectivity index (χ0) is 11.3. The summed E-state index contributed by atoms with van der Waals surface area (Å²) in [6.07, 6.45) is -3.52. The van der Waals surface area contributed by atoms with Crippen LogP contribution < -0.4 is 0 Å². The Labute approximate surface area is 100 Å². The molecule has 0 amide bonds. The molecule has 0 aliphatic rings. The van der Waals surface area contributed by atoms with Gasteiger partial charge in [0.25, 0.3) is 0 Å². The Morgan fingerprint density at radius 2 is 1.73 bits per heavy atom. The summed E-state index contributed by atoms with van der Waals surface area (Å²) in [5, 5.41) is 0. The first kappa shape index (κ1) is 12.4. The summed E-state index contributed by atoms with van der Waals surface area (Å²) in [6.45, 7) is 0. The summed E-state index contributed by atoms with van der Waals surface area (Å²) in [5.74, 6) is 5.67. The average Bonchev–Trinajstić information content (AvgIpc) is 2.18. The predicted molar refractivity (Wildman–Crippen MR) is 61.8 cm³/mol. The molecule has 0 aromatic heterocycles. The van der Waals surface area contributed by atoms with Gasteiger partial charge in [-0.2, -0.15) is 13.2 Å². The summed E-state index contributed by atoms with van der Waals surface area (Å²) >= 11 is 2.19. The van der Waals surface area contributed by atoms with E-state index in [2.05, 4.69) is 34.4 Å². The maximum atomic E-state index is 12.2. The Morgan fingerprint density at radius 3 is 2.20 bits per heavy atom. The van der Waals surface area contributed by atoms with Crippen molar-refractivity contribution in [1.29, 1.82) is 0 Å². The van der Waals surface area contributed by atoms with Crippen molar-refractivity contribution in [1.82, 2.24) is 0 Å².